The number of rotatable bonds is 4. The van der Waals surface area contributed by atoms with E-state index in [4.69, 9.17) is 0 Å². The Labute approximate surface area is 121 Å². The van der Waals surface area contributed by atoms with Crippen LogP contribution in [0.5, 0.6) is 0 Å². The first-order valence-electron chi connectivity index (χ1n) is 5.85. The van der Waals surface area contributed by atoms with Crippen LogP contribution in [-0.4, -0.2) is 30.4 Å². The molecule has 0 N–H and O–H groups in total. The number of hydrogen-bond donors (Lipinski definition) is 0. The zero-order chi connectivity index (χ0) is 15.6. The van der Waals surface area contributed by atoms with Crippen molar-refractivity contribution in [2.45, 2.75) is 11.8 Å². The SMILES string of the molecule is Cc1c([N+](=O)[O-])cccc1S(=O)(=O)N(C)c1ncccn1. The van der Waals surface area contributed by atoms with E-state index in [-0.39, 0.29) is 22.1 Å². The van der Waals surface area contributed by atoms with Gasteiger partial charge < -0.3 is 0 Å². The minimum absolute atomic E-state index is 0.0107. The summed E-state index contributed by atoms with van der Waals surface area (Å²) in [6.45, 7) is 1.39. The molecular formula is C12H12N4O4S. The van der Waals surface area contributed by atoms with Gasteiger partial charge in [-0.25, -0.2) is 22.7 Å². The predicted octanol–water partition coefficient (Wildman–Crippen LogP) is 1.52. The van der Waals surface area contributed by atoms with E-state index >= 15 is 0 Å². The van der Waals surface area contributed by atoms with E-state index in [1.165, 1.54) is 44.6 Å². The fourth-order valence-electron chi connectivity index (χ4n) is 1.79. The molecule has 2 rings (SSSR count). The molecular weight excluding hydrogens is 296 g/mol. The van der Waals surface area contributed by atoms with Crippen LogP contribution in [-0.2, 0) is 10.0 Å². The highest BCUT2D eigenvalue weighted by Crippen LogP contribution is 2.27. The van der Waals surface area contributed by atoms with Gasteiger partial charge in [0.15, 0.2) is 0 Å². The van der Waals surface area contributed by atoms with Crippen molar-refractivity contribution in [3.63, 3.8) is 0 Å². The molecule has 0 bridgehead atoms. The van der Waals surface area contributed by atoms with E-state index < -0.39 is 14.9 Å². The minimum atomic E-state index is -3.97. The van der Waals surface area contributed by atoms with Crippen LogP contribution in [0.3, 0.4) is 0 Å². The maximum Gasteiger partial charge on any atom is 0.273 e. The summed E-state index contributed by atoms with van der Waals surface area (Å²) in [6.07, 6.45) is 2.82. The molecule has 0 fully saturated rings. The number of anilines is 1. The molecule has 0 aliphatic heterocycles. The van der Waals surface area contributed by atoms with E-state index in [0.717, 1.165) is 4.31 Å². The Bertz CT molecular complexity index is 777. The van der Waals surface area contributed by atoms with Gasteiger partial charge in [0.25, 0.3) is 15.7 Å². The Morgan fingerprint density at radius 3 is 2.38 bits per heavy atom. The Hall–Kier alpha value is -2.55. The maximum atomic E-state index is 12.6. The van der Waals surface area contributed by atoms with Crippen molar-refractivity contribution in [1.29, 1.82) is 0 Å². The van der Waals surface area contributed by atoms with Crippen molar-refractivity contribution in [2.24, 2.45) is 0 Å². The molecule has 0 spiro atoms. The highest BCUT2D eigenvalue weighted by molar-refractivity contribution is 7.92. The zero-order valence-electron chi connectivity index (χ0n) is 11.3. The molecule has 0 amide bonds. The van der Waals surface area contributed by atoms with E-state index in [2.05, 4.69) is 9.97 Å². The lowest BCUT2D eigenvalue weighted by atomic mass is 10.2. The molecule has 9 heteroatoms. The molecule has 0 aliphatic carbocycles. The normalized spacial score (nSPS) is 11.1. The Morgan fingerprint density at radius 2 is 1.81 bits per heavy atom. The van der Waals surface area contributed by atoms with Gasteiger partial charge >= 0.3 is 0 Å². The van der Waals surface area contributed by atoms with Crippen LogP contribution in [0, 0.1) is 17.0 Å². The second-order valence-corrected chi connectivity index (χ2v) is 6.12. The van der Waals surface area contributed by atoms with E-state index in [1.807, 2.05) is 0 Å². The zero-order valence-corrected chi connectivity index (χ0v) is 12.1. The topological polar surface area (TPSA) is 106 Å². The van der Waals surface area contributed by atoms with Gasteiger partial charge in [-0.1, -0.05) is 6.07 Å². The molecule has 0 radical (unpaired) electrons. The molecule has 1 aromatic carbocycles. The van der Waals surface area contributed by atoms with Crippen LogP contribution in [0.2, 0.25) is 0 Å². The first-order chi connectivity index (χ1) is 9.85. The van der Waals surface area contributed by atoms with Crippen molar-refractivity contribution >= 4 is 21.7 Å². The number of aromatic nitrogens is 2. The number of sulfonamides is 1. The van der Waals surface area contributed by atoms with Crippen LogP contribution >= 0.6 is 0 Å². The van der Waals surface area contributed by atoms with E-state index in [0.29, 0.717) is 0 Å². The molecule has 8 nitrogen and oxygen atoms in total. The second-order valence-electron chi connectivity index (χ2n) is 4.18. The first-order valence-corrected chi connectivity index (χ1v) is 7.29. The summed E-state index contributed by atoms with van der Waals surface area (Å²) in [6, 6.07) is 5.46. The summed E-state index contributed by atoms with van der Waals surface area (Å²) < 4.78 is 26.0. The smallest absolute Gasteiger partial charge is 0.258 e. The fraction of sp³-hybridized carbons (Fsp3) is 0.167. The molecule has 110 valence electrons. The van der Waals surface area contributed by atoms with Crippen molar-refractivity contribution in [1.82, 2.24) is 9.97 Å². The van der Waals surface area contributed by atoms with Crippen LogP contribution < -0.4 is 4.31 Å². The van der Waals surface area contributed by atoms with Gasteiger partial charge in [-0.3, -0.25) is 10.1 Å². The highest BCUT2D eigenvalue weighted by Gasteiger charge is 2.28. The lowest BCUT2D eigenvalue weighted by Crippen LogP contribution is -2.28. The number of benzene rings is 1. The van der Waals surface area contributed by atoms with Gasteiger partial charge in [0.2, 0.25) is 5.95 Å². The van der Waals surface area contributed by atoms with Gasteiger partial charge in [0.1, 0.15) is 0 Å². The summed E-state index contributed by atoms with van der Waals surface area (Å²) in [5.74, 6) is -0.0107. The number of nitro benzene ring substituents is 1. The fourth-order valence-corrected chi connectivity index (χ4v) is 3.14. The van der Waals surface area contributed by atoms with Gasteiger partial charge in [-0.05, 0) is 19.1 Å². The Morgan fingerprint density at radius 1 is 1.19 bits per heavy atom. The van der Waals surface area contributed by atoms with Crippen molar-refractivity contribution in [3.05, 3.63) is 52.3 Å². The van der Waals surface area contributed by atoms with Crippen molar-refractivity contribution in [2.75, 3.05) is 11.4 Å². The van der Waals surface area contributed by atoms with Gasteiger partial charge in [-0.15, -0.1) is 0 Å². The summed E-state index contributed by atoms with van der Waals surface area (Å²) in [5, 5.41) is 10.9. The minimum Gasteiger partial charge on any atom is -0.258 e. The van der Waals surface area contributed by atoms with E-state index in [9.17, 15) is 18.5 Å². The van der Waals surface area contributed by atoms with Crippen LogP contribution in [0.25, 0.3) is 0 Å². The largest absolute Gasteiger partial charge is 0.273 e. The molecule has 21 heavy (non-hydrogen) atoms. The maximum absolute atomic E-state index is 12.6. The highest BCUT2D eigenvalue weighted by atomic mass is 32.2. The van der Waals surface area contributed by atoms with Crippen molar-refractivity contribution in [3.8, 4) is 0 Å². The lowest BCUT2D eigenvalue weighted by Gasteiger charge is -2.18. The monoisotopic (exact) mass is 308 g/mol. The van der Waals surface area contributed by atoms with Gasteiger partial charge in [0.05, 0.1) is 9.82 Å². The van der Waals surface area contributed by atoms with E-state index in [1.54, 1.807) is 6.07 Å². The average Bonchev–Trinajstić information content (AvgIpc) is 2.47. The molecule has 0 saturated carbocycles. The third kappa shape index (κ3) is 2.68. The Kier molecular flexibility index (Phi) is 3.85. The van der Waals surface area contributed by atoms with Crippen LogP contribution in [0.4, 0.5) is 11.6 Å². The standard InChI is InChI=1S/C12H12N4O4S/c1-9-10(16(17)18)5-3-6-11(9)21(19,20)15(2)12-13-7-4-8-14-12/h3-8H,1-2H3. The van der Waals surface area contributed by atoms with Crippen molar-refractivity contribution < 1.29 is 13.3 Å². The third-order valence-electron chi connectivity index (χ3n) is 2.92. The molecule has 0 atom stereocenters. The third-order valence-corrected chi connectivity index (χ3v) is 4.81. The quantitative estimate of drug-likeness (QED) is 0.626. The summed E-state index contributed by atoms with van der Waals surface area (Å²) in [4.78, 5) is 17.9. The summed E-state index contributed by atoms with van der Waals surface area (Å²) in [5.41, 5.74) is -0.177. The molecule has 0 aliphatic rings. The van der Waals surface area contributed by atoms with Gasteiger partial charge in [-0.2, -0.15) is 0 Å². The average molecular weight is 308 g/mol. The number of nitro groups is 1. The van der Waals surface area contributed by atoms with Crippen LogP contribution in [0.15, 0.2) is 41.6 Å². The second kappa shape index (κ2) is 5.44. The molecule has 0 unspecified atom stereocenters. The number of hydrogen-bond acceptors (Lipinski definition) is 6. The molecule has 0 saturated heterocycles. The molecule has 1 heterocycles. The first kappa shape index (κ1) is 14.9. The number of nitrogens with zero attached hydrogens (tertiary/aromatic N) is 4. The Balaban J connectivity index is 2.55. The summed E-state index contributed by atoms with van der Waals surface area (Å²) >= 11 is 0. The summed E-state index contributed by atoms with van der Waals surface area (Å²) in [7, 11) is -2.68. The molecule has 2 aromatic rings. The van der Waals surface area contributed by atoms with Gasteiger partial charge in [0, 0.05) is 31.1 Å². The lowest BCUT2D eigenvalue weighted by molar-refractivity contribution is -0.385. The van der Waals surface area contributed by atoms with Crippen LogP contribution in [0.1, 0.15) is 5.56 Å². The molecule has 1 aromatic heterocycles. The predicted molar refractivity (Wildman–Crippen MR) is 75.5 cm³/mol.